The average Bonchev–Trinajstić information content (AvgIpc) is 2.14. The molecule has 3 N–H and O–H groups in total. The Labute approximate surface area is 74.8 Å². The van der Waals surface area contributed by atoms with E-state index in [9.17, 15) is 0 Å². The summed E-state index contributed by atoms with van der Waals surface area (Å²) in [4.78, 5) is 8.95. The number of methoxy groups -OCH3 is 1. The fraction of sp³-hybridized carbons (Fsp3) is 0.125. The number of phenols is 3. The third kappa shape index (κ3) is 3.85. The van der Waals surface area contributed by atoms with E-state index in [2.05, 4.69) is 4.74 Å². The fourth-order valence-corrected chi connectivity index (χ4v) is 0.519. The number of carbonyl (C=O) groups excluding carboxylic acids is 1. The molecule has 1 rings (SSSR count). The van der Waals surface area contributed by atoms with Gasteiger partial charge in [-0.05, 0) is 12.1 Å². The fourth-order valence-electron chi connectivity index (χ4n) is 0.519. The molecule has 0 fully saturated rings. The minimum Gasteiger partial charge on any atom is -0.504 e. The van der Waals surface area contributed by atoms with Crippen LogP contribution < -0.4 is 0 Å². The minimum absolute atomic E-state index is 0.310. The zero-order chi connectivity index (χ0) is 10.3. The molecule has 0 aliphatic heterocycles. The SMILES string of the molecule is COC=O.Oc1cccc(O)c1O. The van der Waals surface area contributed by atoms with E-state index in [4.69, 9.17) is 20.1 Å². The average molecular weight is 186 g/mol. The highest BCUT2D eigenvalue weighted by molar-refractivity contribution is 5.47. The summed E-state index contributed by atoms with van der Waals surface area (Å²) in [7, 11) is 1.31. The van der Waals surface area contributed by atoms with E-state index in [1.807, 2.05) is 0 Å². The summed E-state index contributed by atoms with van der Waals surface area (Å²) in [5.74, 6) is -1.09. The third-order valence-electron chi connectivity index (χ3n) is 1.09. The molecule has 0 saturated carbocycles. The molecule has 0 heterocycles. The van der Waals surface area contributed by atoms with Crippen LogP contribution in [0.3, 0.4) is 0 Å². The summed E-state index contributed by atoms with van der Waals surface area (Å²) in [6, 6.07) is 4.01. The van der Waals surface area contributed by atoms with Crippen molar-refractivity contribution in [2.24, 2.45) is 0 Å². The smallest absolute Gasteiger partial charge is 0.292 e. The summed E-state index contributed by atoms with van der Waals surface area (Å²) in [5, 5.41) is 26.1. The Morgan fingerprint density at radius 3 is 1.85 bits per heavy atom. The van der Waals surface area contributed by atoms with Crippen LogP contribution in [0.15, 0.2) is 18.2 Å². The Bertz CT molecular complexity index is 251. The molecule has 0 aromatic heterocycles. The highest BCUT2D eigenvalue weighted by Gasteiger charge is 2.00. The first-order chi connectivity index (χ1) is 6.13. The van der Waals surface area contributed by atoms with Crippen molar-refractivity contribution in [2.45, 2.75) is 0 Å². The van der Waals surface area contributed by atoms with Crippen molar-refractivity contribution < 1.29 is 24.9 Å². The molecule has 0 bridgehead atoms. The largest absolute Gasteiger partial charge is 0.504 e. The molecule has 1 aromatic rings. The van der Waals surface area contributed by atoms with Gasteiger partial charge in [0.2, 0.25) is 0 Å². The maximum absolute atomic E-state index is 8.95. The predicted octanol–water partition coefficient (Wildman–Crippen LogP) is 0.593. The molecule has 72 valence electrons. The van der Waals surface area contributed by atoms with Crippen molar-refractivity contribution in [3.8, 4) is 17.2 Å². The van der Waals surface area contributed by atoms with Crippen LogP contribution in [0, 0.1) is 0 Å². The van der Waals surface area contributed by atoms with Gasteiger partial charge in [0.15, 0.2) is 17.2 Å². The highest BCUT2D eigenvalue weighted by Crippen LogP contribution is 2.32. The summed E-state index contributed by atoms with van der Waals surface area (Å²) < 4.78 is 3.86. The topological polar surface area (TPSA) is 87.0 Å². The summed E-state index contributed by atoms with van der Waals surface area (Å²) in [6.45, 7) is 0.375. The van der Waals surface area contributed by atoms with Gasteiger partial charge in [-0.25, -0.2) is 0 Å². The Kier molecular flexibility index (Phi) is 4.87. The molecule has 0 unspecified atom stereocenters. The molecule has 5 nitrogen and oxygen atoms in total. The van der Waals surface area contributed by atoms with Crippen molar-refractivity contribution in [1.29, 1.82) is 0 Å². The van der Waals surface area contributed by atoms with E-state index in [1.165, 1.54) is 25.3 Å². The van der Waals surface area contributed by atoms with E-state index in [0.717, 1.165) is 0 Å². The van der Waals surface area contributed by atoms with E-state index in [0.29, 0.717) is 6.47 Å². The molecule has 0 amide bonds. The van der Waals surface area contributed by atoms with Gasteiger partial charge in [0.25, 0.3) is 6.47 Å². The first-order valence-electron chi connectivity index (χ1n) is 3.29. The van der Waals surface area contributed by atoms with E-state index in [1.54, 1.807) is 0 Å². The Morgan fingerprint density at radius 1 is 1.23 bits per heavy atom. The maximum atomic E-state index is 8.95. The van der Waals surface area contributed by atoms with Crippen molar-refractivity contribution >= 4 is 6.47 Å². The normalized spacial score (nSPS) is 8.08. The number of phenolic OH excluding ortho intramolecular Hbond substituents is 3. The van der Waals surface area contributed by atoms with Gasteiger partial charge in [0, 0.05) is 0 Å². The van der Waals surface area contributed by atoms with Gasteiger partial charge >= 0.3 is 0 Å². The zero-order valence-electron chi connectivity index (χ0n) is 6.97. The molecule has 0 aliphatic carbocycles. The van der Waals surface area contributed by atoms with E-state index in [-0.39, 0.29) is 11.5 Å². The standard InChI is InChI=1S/C6H6O3.C2H4O2/c7-4-2-1-3-5(8)6(4)9;1-4-2-3/h1-3,7-9H;2H,1H3. The minimum atomic E-state index is -0.475. The molecule has 5 heteroatoms. The zero-order valence-corrected chi connectivity index (χ0v) is 6.97. The predicted molar refractivity (Wildman–Crippen MR) is 44.5 cm³/mol. The summed E-state index contributed by atoms with van der Waals surface area (Å²) in [5.41, 5.74) is 0. The van der Waals surface area contributed by atoms with E-state index < -0.39 is 5.75 Å². The van der Waals surface area contributed by atoms with Crippen LogP contribution in [0.5, 0.6) is 17.2 Å². The van der Waals surface area contributed by atoms with Gasteiger partial charge < -0.3 is 20.1 Å². The monoisotopic (exact) mass is 186 g/mol. The third-order valence-corrected chi connectivity index (χ3v) is 1.09. The number of rotatable bonds is 1. The molecule has 0 radical (unpaired) electrons. The van der Waals surface area contributed by atoms with Crippen LogP contribution in [0.4, 0.5) is 0 Å². The lowest BCUT2D eigenvalue weighted by molar-refractivity contribution is -0.126. The second-order valence-electron chi connectivity index (χ2n) is 1.98. The molecular weight excluding hydrogens is 176 g/mol. The quantitative estimate of drug-likeness (QED) is 0.441. The number of hydrogen-bond donors (Lipinski definition) is 3. The summed E-state index contributed by atoms with van der Waals surface area (Å²) >= 11 is 0. The molecule has 0 spiro atoms. The number of carbonyl (C=O) groups is 1. The molecular formula is C8H10O5. The molecule has 1 aromatic carbocycles. The first-order valence-corrected chi connectivity index (χ1v) is 3.29. The Morgan fingerprint density at radius 2 is 1.62 bits per heavy atom. The lowest BCUT2D eigenvalue weighted by atomic mass is 10.3. The highest BCUT2D eigenvalue weighted by atomic mass is 16.5. The van der Waals surface area contributed by atoms with Crippen molar-refractivity contribution in [3.05, 3.63) is 18.2 Å². The first kappa shape index (κ1) is 11.1. The van der Waals surface area contributed by atoms with Crippen LogP contribution in [-0.4, -0.2) is 28.9 Å². The van der Waals surface area contributed by atoms with Gasteiger partial charge in [0.05, 0.1) is 7.11 Å². The van der Waals surface area contributed by atoms with Crippen LogP contribution >= 0.6 is 0 Å². The van der Waals surface area contributed by atoms with Gasteiger partial charge in [0.1, 0.15) is 0 Å². The van der Waals surface area contributed by atoms with Crippen molar-refractivity contribution in [2.75, 3.05) is 7.11 Å². The number of benzene rings is 1. The summed E-state index contributed by atoms with van der Waals surface area (Å²) in [6.07, 6.45) is 0. The Balaban J connectivity index is 0.000000310. The lowest BCUT2D eigenvalue weighted by Crippen LogP contribution is -1.68. The van der Waals surface area contributed by atoms with Gasteiger partial charge in [-0.1, -0.05) is 6.07 Å². The number of hydrogen-bond acceptors (Lipinski definition) is 5. The van der Waals surface area contributed by atoms with Crippen LogP contribution in [0.25, 0.3) is 0 Å². The Hall–Kier alpha value is -1.91. The van der Waals surface area contributed by atoms with Crippen LogP contribution in [-0.2, 0) is 9.53 Å². The van der Waals surface area contributed by atoms with Gasteiger partial charge in [-0.3, -0.25) is 4.79 Å². The van der Waals surface area contributed by atoms with Gasteiger partial charge in [-0.15, -0.1) is 0 Å². The second-order valence-corrected chi connectivity index (χ2v) is 1.98. The number of ether oxygens (including phenoxy) is 1. The van der Waals surface area contributed by atoms with Crippen molar-refractivity contribution in [3.63, 3.8) is 0 Å². The van der Waals surface area contributed by atoms with Crippen LogP contribution in [0.2, 0.25) is 0 Å². The maximum Gasteiger partial charge on any atom is 0.292 e. The molecule has 0 saturated heterocycles. The molecule has 0 atom stereocenters. The molecule has 13 heavy (non-hydrogen) atoms. The second kappa shape index (κ2) is 5.70. The van der Waals surface area contributed by atoms with Crippen molar-refractivity contribution in [1.82, 2.24) is 0 Å². The lowest BCUT2D eigenvalue weighted by Gasteiger charge is -1.96. The van der Waals surface area contributed by atoms with Gasteiger partial charge in [-0.2, -0.15) is 0 Å². The van der Waals surface area contributed by atoms with E-state index >= 15 is 0 Å². The number of aromatic hydroxyl groups is 3. The molecule has 0 aliphatic rings. The van der Waals surface area contributed by atoms with Crippen LogP contribution in [0.1, 0.15) is 0 Å². The number of para-hydroxylation sites is 1.